The highest BCUT2D eigenvalue weighted by molar-refractivity contribution is 5.93. The van der Waals surface area contributed by atoms with E-state index in [0.717, 1.165) is 18.4 Å². The molecule has 1 unspecified atom stereocenters. The van der Waals surface area contributed by atoms with Gasteiger partial charge in [0.15, 0.2) is 0 Å². The lowest BCUT2D eigenvalue weighted by molar-refractivity contribution is -0.385. The number of ether oxygens (including phenoxy) is 1. The maximum Gasteiger partial charge on any atom is 0.274 e. The third-order valence-electron chi connectivity index (χ3n) is 4.83. The number of phenolic OH excluding ortho intramolecular Hbond substituents is 1. The van der Waals surface area contributed by atoms with Gasteiger partial charge in [0, 0.05) is 49.0 Å². The number of hydrogen-bond acceptors (Lipinski definition) is 6. The van der Waals surface area contributed by atoms with Crippen molar-refractivity contribution in [2.45, 2.75) is 32.0 Å². The number of carbonyl (C=O) groups excluding carboxylic acids is 1. The molecule has 28 heavy (non-hydrogen) atoms. The van der Waals surface area contributed by atoms with E-state index in [1.54, 1.807) is 18.2 Å². The number of nitro groups is 1. The van der Waals surface area contributed by atoms with Crippen LogP contribution in [0.3, 0.4) is 0 Å². The molecule has 3 N–H and O–H groups in total. The van der Waals surface area contributed by atoms with Crippen molar-refractivity contribution in [3.8, 4) is 5.75 Å². The van der Waals surface area contributed by atoms with Gasteiger partial charge >= 0.3 is 0 Å². The van der Waals surface area contributed by atoms with Crippen LogP contribution < -0.4 is 5.73 Å². The number of nitrogens with two attached hydrogens (primary N) is 1. The van der Waals surface area contributed by atoms with Crippen molar-refractivity contribution in [1.82, 2.24) is 4.90 Å². The Labute approximate surface area is 162 Å². The summed E-state index contributed by atoms with van der Waals surface area (Å²) in [6.45, 7) is 2.00. The van der Waals surface area contributed by atoms with Crippen LogP contribution in [0.2, 0.25) is 0 Å². The van der Waals surface area contributed by atoms with Gasteiger partial charge in [0.25, 0.3) is 5.69 Å². The van der Waals surface area contributed by atoms with Gasteiger partial charge in [0.1, 0.15) is 5.75 Å². The molecule has 2 aromatic carbocycles. The zero-order chi connectivity index (χ0) is 20.1. The Morgan fingerprint density at radius 2 is 2.00 bits per heavy atom. The van der Waals surface area contributed by atoms with Gasteiger partial charge in [-0.25, -0.2) is 0 Å². The average Bonchev–Trinajstić information content (AvgIpc) is 3.16. The number of benzene rings is 2. The van der Waals surface area contributed by atoms with Crippen molar-refractivity contribution in [2.24, 2.45) is 5.73 Å². The maximum absolute atomic E-state index is 11.5. The average molecular weight is 385 g/mol. The molecular formula is C20H23N3O5. The number of primary amides is 1. The molecule has 1 aliphatic rings. The van der Waals surface area contributed by atoms with E-state index in [-0.39, 0.29) is 29.6 Å². The summed E-state index contributed by atoms with van der Waals surface area (Å²) in [4.78, 5) is 24.4. The molecule has 2 aromatic rings. The van der Waals surface area contributed by atoms with Crippen LogP contribution >= 0.6 is 0 Å². The van der Waals surface area contributed by atoms with Crippen molar-refractivity contribution < 1.29 is 19.6 Å². The molecule has 148 valence electrons. The Hall–Kier alpha value is -2.97. The highest BCUT2D eigenvalue weighted by Crippen LogP contribution is 2.26. The summed E-state index contributed by atoms with van der Waals surface area (Å²) >= 11 is 0. The lowest BCUT2D eigenvalue weighted by Gasteiger charge is -2.25. The fourth-order valence-corrected chi connectivity index (χ4v) is 3.41. The molecule has 3 rings (SSSR count). The smallest absolute Gasteiger partial charge is 0.274 e. The highest BCUT2D eigenvalue weighted by Gasteiger charge is 2.23. The van der Waals surface area contributed by atoms with Crippen molar-refractivity contribution >= 4 is 11.6 Å². The van der Waals surface area contributed by atoms with Gasteiger partial charge in [-0.15, -0.1) is 0 Å². The molecule has 0 aromatic heterocycles. The number of phenols is 1. The summed E-state index contributed by atoms with van der Waals surface area (Å²) in [5, 5.41) is 21.6. The molecule has 8 heteroatoms. The summed E-state index contributed by atoms with van der Waals surface area (Å²) in [7, 11) is 0. The Balaban J connectivity index is 1.86. The molecular weight excluding hydrogens is 362 g/mol. The summed E-state index contributed by atoms with van der Waals surface area (Å²) in [5.74, 6) is -0.529. The molecule has 1 saturated heterocycles. The Bertz CT molecular complexity index is 865. The SMILES string of the molecule is NC(=O)c1ccc(CN(Cc2ccccc2O)CC2CCCO2)c([N+](=O)[O-])c1. The zero-order valence-corrected chi connectivity index (χ0v) is 15.4. The minimum atomic E-state index is -0.708. The molecule has 1 amide bonds. The molecule has 1 atom stereocenters. The zero-order valence-electron chi connectivity index (χ0n) is 15.4. The van der Waals surface area contributed by atoms with E-state index >= 15 is 0 Å². The lowest BCUT2D eigenvalue weighted by Crippen LogP contribution is -2.31. The van der Waals surface area contributed by atoms with Gasteiger partial charge in [-0.2, -0.15) is 0 Å². The topological polar surface area (TPSA) is 119 Å². The van der Waals surface area contributed by atoms with E-state index in [4.69, 9.17) is 10.5 Å². The fourth-order valence-electron chi connectivity index (χ4n) is 3.41. The monoisotopic (exact) mass is 385 g/mol. The van der Waals surface area contributed by atoms with Crippen molar-refractivity contribution in [2.75, 3.05) is 13.2 Å². The molecule has 1 fully saturated rings. The molecule has 0 spiro atoms. The number of nitrogens with zero attached hydrogens (tertiary/aromatic N) is 2. The first-order valence-electron chi connectivity index (χ1n) is 9.12. The fraction of sp³-hybridized carbons (Fsp3) is 0.350. The van der Waals surface area contributed by atoms with E-state index in [1.807, 2.05) is 17.0 Å². The molecule has 0 bridgehead atoms. The largest absolute Gasteiger partial charge is 0.508 e. The van der Waals surface area contributed by atoms with Gasteiger partial charge in [-0.05, 0) is 25.0 Å². The van der Waals surface area contributed by atoms with Crippen molar-refractivity contribution in [3.05, 3.63) is 69.3 Å². The Morgan fingerprint density at radius 3 is 2.64 bits per heavy atom. The van der Waals surface area contributed by atoms with E-state index < -0.39 is 10.8 Å². The van der Waals surface area contributed by atoms with Crippen LogP contribution in [0.1, 0.15) is 34.3 Å². The molecule has 1 heterocycles. The normalized spacial score (nSPS) is 16.4. The molecule has 1 aliphatic heterocycles. The number of nitro benzene ring substituents is 1. The first-order chi connectivity index (χ1) is 13.4. The van der Waals surface area contributed by atoms with E-state index in [9.17, 15) is 20.0 Å². The van der Waals surface area contributed by atoms with Gasteiger partial charge < -0.3 is 15.6 Å². The lowest BCUT2D eigenvalue weighted by atomic mass is 10.1. The van der Waals surface area contributed by atoms with Crippen LogP contribution in [0.5, 0.6) is 5.75 Å². The molecule has 8 nitrogen and oxygen atoms in total. The van der Waals surface area contributed by atoms with E-state index in [2.05, 4.69) is 0 Å². The summed E-state index contributed by atoms with van der Waals surface area (Å²) in [6, 6.07) is 11.3. The van der Waals surface area contributed by atoms with Gasteiger partial charge in [0.2, 0.25) is 5.91 Å². The number of aromatic hydroxyl groups is 1. The second-order valence-corrected chi connectivity index (χ2v) is 6.90. The summed E-state index contributed by atoms with van der Waals surface area (Å²) in [5.41, 5.74) is 6.41. The quantitative estimate of drug-likeness (QED) is 0.532. The van der Waals surface area contributed by atoms with Crippen LogP contribution in [0, 0.1) is 10.1 Å². The standard InChI is InChI=1S/C20H23N3O5/c21-20(25)14-7-8-15(18(10-14)23(26)27)11-22(13-17-5-3-9-28-17)12-16-4-1-2-6-19(16)24/h1-2,4,6-8,10,17,24H,3,5,9,11-13H2,(H2,21,25). The van der Waals surface area contributed by atoms with E-state index in [0.29, 0.717) is 25.3 Å². The van der Waals surface area contributed by atoms with Gasteiger partial charge in [-0.3, -0.25) is 19.8 Å². The van der Waals surface area contributed by atoms with Gasteiger partial charge in [0.05, 0.1) is 11.0 Å². The second kappa shape index (κ2) is 8.81. The maximum atomic E-state index is 11.5. The van der Waals surface area contributed by atoms with Crippen LogP contribution in [0.4, 0.5) is 5.69 Å². The van der Waals surface area contributed by atoms with Crippen LogP contribution in [0.25, 0.3) is 0 Å². The minimum Gasteiger partial charge on any atom is -0.508 e. The first-order valence-corrected chi connectivity index (χ1v) is 9.12. The third kappa shape index (κ3) is 4.85. The summed E-state index contributed by atoms with van der Waals surface area (Å²) in [6.07, 6.45) is 1.97. The molecule has 0 aliphatic carbocycles. The van der Waals surface area contributed by atoms with E-state index in [1.165, 1.54) is 12.1 Å². The van der Waals surface area contributed by atoms with Crippen LogP contribution in [-0.4, -0.2) is 40.1 Å². The van der Waals surface area contributed by atoms with Gasteiger partial charge in [-0.1, -0.05) is 24.3 Å². The van der Waals surface area contributed by atoms with Crippen LogP contribution in [0.15, 0.2) is 42.5 Å². The number of carbonyl (C=O) groups is 1. The third-order valence-corrected chi connectivity index (χ3v) is 4.83. The van der Waals surface area contributed by atoms with Crippen molar-refractivity contribution in [3.63, 3.8) is 0 Å². The Morgan fingerprint density at radius 1 is 1.25 bits per heavy atom. The second-order valence-electron chi connectivity index (χ2n) is 6.90. The molecule has 0 saturated carbocycles. The number of hydrogen-bond donors (Lipinski definition) is 2. The number of para-hydroxylation sites is 1. The Kier molecular flexibility index (Phi) is 6.23. The summed E-state index contributed by atoms with van der Waals surface area (Å²) < 4.78 is 5.72. The highest BCUT2D eigenvalue weighted by atomic mass is 16.6. The minimum absolute atomic E-state index is 0.0507. The predicted molar refractivity (Wildman–Crippen MR) is 103 cm³/mol. The van der Waals surface area contributed by atoms with Crippen molar-refractivity contribution in [1.29, 1.82) is 0 Å². The van der Waals surface area contributed by atoms with Crippen LogP contribution in [-0.2, 0) is 17.8 Å². The predicted octanol–water partition coefficient (Wildman–Crippen LogP) is 2.58. The number of rotatable bonds is 8. The first kappa shape index (κ1) is 19.8. The number of amides is 1. The molecule has 0 radical (unpaired) electrons.